The lowest BCUT2D eigenvalue weighted by atomic mass is 10.2. The van der Waals surface area contributed by atoms with Gasteiger partial charge in [-0.3, -0.25) is 0 Å². The number of hydrogen-bond acceptors (Lipinski definition) is 2. The molecule has 76 valence electrons. The normalized spacial score (nSPS) is 15.6. The van der Waals surface area contributed by atoms with Crippen molar-refractivity contribution in [3.05, 3.63) is 28.8 Å². The molecule has 1 aliphatic carbocycles. The average molecular weight is 212 g/mol. The van der Waals surface area contributed by atoms with Gasteiger partial charge in [-0.2, -0.15) is 0 Å². The average Bonchev–Trinajstić information content (AvgIpc) is 3.00. The summed E-state index contributed by atoms with van der Waals surface area (Å²) < 4.78 is 5.61. The van der Waals surface area contributed by atoms with Crippen molar-refractivity contribution in [2.45, 2.75) is 19.4 Å². The van der Waals surface area contributed by atoms with Crippen molar-refractivity contribution < 1.29 is 4.74 Å². The SMILES string of the molecule is NCc1cc(OCC2CC2)ccc1Cl. The molecule has 0 aromatic heterocycles. The molecule has 1 fully saturated rings. The Morgan fingerprint density at radius 3 is 2.86 bits per heavy atom. The third-order valence-corrected chi connectivity index (χ3v) is 2.79. The second-order valence-corrected chi connectivity index (χ2v) is 4.12. The van der Waals surface area contributed by atoms with E-state index in [2.05, 4.69) is 0 Å². The summed E-state index contributed by atoms with van der Waals surface area (Å²) in [6.45, 7) is 1.28. The zero-order valence-electron chi connectivity index (χ0n) is 8.00. The van der Waals surface area contributed by atoms with Gasteiger partial charge in [0.25, 0.3) is 0 Å². The van der Waals surface area contributed by atoms with Crippen molar-refractivity contribution in [2.24, 2.45) is 11.7 Å². The molecule has 0 spiro atoms. The third kappa shape index (κ3) is 2.40. The Labute approximate surface area is 89.0 Å². The molecule has 1 aliphatic rings. The van der Waals surface area contributed by atoms with Crippen molar-refractivity contribution in [3.8, 4) is 5.75 Å². The highest BCUT2D eigenvalue weighted by Crippen LogP contribution is 2.30. The Morgan fingerprint density at radius 2 is 2.21 bits per heavy atom. The fourth-order valence-corrected chi connectivity index (χ4v) is 1.49. The first-order chi connectivity index (χ1) is 6.79. The molecule has 0 saturated heterocycles. The van der Waals surface area contributed by atoms with Crippen LogP contribution in [0.3, 0.4) is 0 Å². The van der Waals surface area contributed by atoms with E-state index < -0.39 is 0 Å². The monoisotopic (exact) mass is 211 g/mol. The van der Waals surface area contributed by atoms with E-state index in [4.69, 9.17) is 22.1 Å². The van der Waals surface area contributed by atoms with Gasteiger partial charge in [-0.15, -0.1) is 0 Å². The minimum atomic E-state index is 0.458. The molecule has 0 bridgehead atoms. The topological polar surface area (TPSA) is 35.2 Å². The molecule has 1 saturated carbocycles. The Morgan fingerprint density at radius 1 is 1.43 bits per heavy atom. The molecule has 1 aromatic rings. The van der Waals surface area contributed by atoms with Crippen LogP contribution in [0.1, 0.15) is 18.4 Å². The van der Waals surface area contributed by atoms with Gasteiger partial charge < -0.3 is 10.5 Å². The zero-order valence-corrected chi connectivity index (χ0v) is 8.76. The number of rotatable bonds is 4. The molecule has 0 aliphatic heterocycles. The number of halogens is 1. The standard InChI is InChI=1S/C11H14ClNO/c12-11-4-3-10(5-9(11)6-13)14-7-8-1-2-8/h3-5,8H,1-2,6-7,13H2. The lowest BCUT2D eigenvalue weighted by Crippen LogP contribution is -2.01. The van der Waals surface area contributed by atoms with Crippen molar-refractivity contribution in [1.29, 1.82) is 0 Å². The number of hydrogen-bond donors (Lipinski definition) is 1. The lowest BCUT2D eigenvalue weighted by molar-refractivity contribution is 0.299. The Bertz CT molecular complexity index is 323. The molecule has 0 unspecified atom stereocenters. The molecule has 14 heavy (non-hydrogen) atoms. The summed E-state index contributed by atoms with van der Waals surface area (Å²) in [6, 6.07) is 5.65. The molecular weight excluding hydrogens is 198 g/mol. The predicted molar refractivity (Wildman–Crippen MR) is 57.6 cm³/mol. The molecule has 2 rings (SSSR count). The molecule has 3 heteroatoms. The minimum absolute atomic E-state index is 0.458. The van der Waals surface area contributed by atoms with Crippen LogP contribution in [0.4, 0.5) is 0 Å². The number of ether oxygens (including phenoxy) is 1. The van der Waals surface area contributed by atoms with Gasteiger partial charge in [0.05, 0.1) is 6.61 Å². The summed E-state index contributed by atoms with van der Waals surface area (Å²) in [5.74, 6) is 1.65. The summed E-state index contributed by atoms with van der Waals surface area (Å²) >= 11 is 5.94. The quantitative estimate of drug-likeness (QED) is 0.831. The largest absolute Gasteiger partial charge is 0.493 e. The Kier molecular flexibility index (Phi) is 2.94. The highest BCUT2D eigenvalue weighted by molar-refractivity contribution is 6.31. The van der Waals surface area contributed by atoms with E-state index in [1.54, 1.807) is 0 Å². The first kappa shape index (κ1) is 9.81. The molecular formula is C11H14ClNO. The highest BCUT2D eigenvalue weighted by atomic mass is 35.5. The van der Waals surface area contributed by atoms with Crippen LogP contribution in [0, 0.1) is 5.92 Å². The van der Waals surface area contributed by atoms with Crippen molar-refractivity contribution >= 4 is 11.6 Å². The van der Waals surface area contributed by atoms with Gasteiger partial charge in [0.2, 0.25) is 0 Å². The Hall–Kier alpha value is -0.730. The van der Waals surface area contributed by atoms with Gasteiger partial charge in [-0.05, 0) is 42.5 Å². The number of nitrogens with two attached hydrogens (primary N) is 1. The first-order valence-corrected chi connectivity index (χ1v) is 5.28. The maximum Gasteiger partial charge on any atom is 0.119 e. The van der Waals surface area contributed by atoms with Crippen LogP contribution < -0.4 is 10.5 Å². The van der Waals surface area contributed by atoms with Gasteiger partial charge in [-0.1, -0.05) is 11.6 Å². The van der Waals surface area contributed by atoms with Crippen molar-refractivity contribution in [2.75, 3.05) is 6.61 Å². The second-order valence-electron chi connectivity index (χ2n) is 3.71. The highest BCUT2D eigenvalue weighted by Gasteiger charge is 2.21. The van der Waals surface area contributed by atoms with Crippen LogP contribution in [-0.4, -0.2) is 6.61 Å². The van der Waals surface area contributed by atoms with Crippen LogP contribution in [0.25, 0.3) is 0 Å². The van der Waals surface area contributed by atoms with Crippen LogP contribution in [0.2, 0.25) is 5.02 Å². The van der Waals surface area contributed by atoms with Crippen molar-refractivity contribution in [1.82, 2.24) is 0 Å². The predicted octanol–water partition coefficient (Wildman–Crippen LogP) is 2.59. The maximum absolute atomic E-state index is 5.94. The van der Waals surface area contributed by atoms with E-state index in [1.165, 1.54) is 12.8 Å². The second kappa shape index (κ2) is 4.20. The smallest absolute Gasteiger partial charge is 0.119 e. The first-order valence-electron chi connectivity index (χ1n) is 4.91. The van der Waals surface area contributed by atoms with Gasteiger partial charge in [0.1, 0.15) is 5.75 Å². The van der Waals surface area contributed by atoms with E-state index in [-0.39, 0.29) is 0 Å². The molecule has 0 amide bonds. The summed E-state index contributed by atoms with van der Waals surface area (Å²) in [6.07, 6.45) is 2.61. The zero-order chi connectivity index (χ0) is 9.97. The lowest BCUT2D eigenvalue weighted by Gasteiger charge is -2.07. The molecule has 0 atom stereocenters. The summed E-state index contributed by atoms with van der Waals surface area (Å²) in [5.41, 5.74) is 6.49. The van der Waals surface area contributed by atoms with E-state index in [1.807, 2.05) is 18.2 Å². The van der Waals surface area contributed by atoms with E-state index in [0.717, 1.165) is 23.8 Å². The molecule has 2 N–H and O–H groups in total. The van der Waals surface area contributed by atoms with Crippen LogP contribution >= 0.6 is 11.6 Å². The molecule has 0 radical (unpaired) electrons. The maximum atomic E-state index is 5.94. The summed E-state index contributed by atoms with van der Waals surface area (Å²) in [7, 11) is 0. The molecule has 1 aromatic carbocycles. The fourth-order valence-electron chi connectivity index (χ4n) is 1.30. The van der Waals surface area contributed by atoms with E-state index in [0.29, 0.717) is 11.6 Å². The summed E-state index contributed by atoms with van der Waals surface area (Å²) in [5, 5.41) is 0.714. The number of benzene rings is 1. The molecule has 0 heterocycles. The third-order valence-electron chi connectivity index (χ3n) is 2.42. The van der Waals surface area contributed by atoms with Crippen LogP contribution in [0.15, 0.2) is 18.2 Å². The van der Waals surface area contributed by atoms with Gasteiger partial charge in [-0.25, -0.2) is 0 Å². The Balaban J connectivity index is 2.01. The van der Waals surface area contributed by atoms with Crippen molar-refractivity contribution in [3.63, 3.8) is 0 Å². The van der Waals surface area contributed by atoms with Crippen LogP contribution in [-0.2, 0) is 6.54 Å². The summed E-state index contributed by atoms with van der Waals surface area (Å²) in [4.78, 5) is 0. The van der Waals surface area contributed by atoms with E-state index >= 15 is 0 Å². The molecule has 2 nitrogen and oxygen atoms in total. The van der Waals surface area contributed by atoms with Gasteiger partial charge >= 0.3 is 0 Å². The fraction of sp³-hybridized carbons (Fsp3) is 0.455. The van der Waals surface area contributed by atoms with Gasteiger partial charge in [0, 0.05) is 11.6 Å². The minimum Gasteiger partial charge on any atom is -0.493 e. The van der Waals surface area contributed by atoms with Crippen LogP contribution in [0.5, 0.6) is 5.75 Å². The van der Waals surface area contributed by atoms with E-state index in [9.17, 15) is 0 Å². The van der Waals surface area contributed by atoms with Gasteiger partial charge in [0.15, 0.2) is 0 Å².